The van der Waals surface area contributed by atoms with Crippen LogP contribution in [0.4, 0.5) is 0 Å². The van der Waals surface area contributed by atoms with Crippen molar-refractivity contribution < 1.29 is 4.74 Å². The molecule has 2 atom stereocenters. The highest BCUT2D eigenvalue weighted by Crippen LogP contribution is 2.19. The summed E-state index contributed by atoms with van der Waals surface area (Å²) in [5.74, 6) is 2.08. The molecule has 96 valence electrons. The molecule has 0 radical (unpaired) electrons. The van der Waals surface area contributed by atoms with E-state index in [1.165, 1.54) is 11.1 Å². The van der Waals surface area contributed by atoms with Crippen LogP contribution in [0.25, 0.3) is 0 Å². The van der Waals surface area contributed by atoms with Gasteiger partial charge < -0.3 is 10.1 Å². The summed E-state index contributed by atoms with van der Waals surface area (Å²) in [6, 6.07) is 6.64. The summed E-state index contributed by atoms with van der Waals surface area (Å²) in [4.78, 5) is 0. The predicted octanol–water partition coefficient (Wildman–Crippen LogP) is 3.36. The lowest BCUT2D eigenvalue weighted by Crippen LogP contribution is -2.32. The van der Waals surface area contributed by atoms with Gasteiger partial charge in [-0.25, -0.2) is 0 Å². The van der Waals surface area contributed by atoms with E-state index in [9.17, 15) is 0 Å². The normalized spacial score (nSPS) is 14.4. The third-order valence-electron chi connectivity index (χ3n) is 3.15. The minimum atomic E-state index is 0.401. The van der Waals surface area contributed by atoms with Gasteiger partial charge in [0, 0.05) is 24.0 Å². The molecule has 1 aromatic rings. The molecule has 0 aromatic heterocycles. The number of methoxy groups -OCH3 is 1. The molecule has 2 unspecified atom stereocenters. The summed E-state index contributed by atoms with van der Waals surface area (Å²) in [5, 5.41) is 3.49. The Morgan fingerprint density at radius 2 is 2.06 bits per heavy atom. The quantitative estimate of drug-likeness (QED) is 0.787. The molecule has 0 aliphatic heterocycles. The van der Waals surface area contributed by atoms with E-state index in [0.717, 1.165) is 12.3 Å². The van der Waals surface area contributed by atoms with Crippen molar-refractivity contribution in [2.24, 2.45) is 5.92 Å². The molecule has 0 heterocycles. The Morgan fingerprint density at radius 1 is 1.35 bits per heavy atom. The van der Waals surface area contributed by atoms with E-state index in [-0.39, 0.29) is 0 Å². The molecule has 0 fully saturated rings. The monoisotopic (exact) mass is 255 g/mol. The molecule has 0 amide bonds. The van der Waals surface area contributed by atoms with Gasteiger partial charge in [-0.1, -0.05) is 24.6 Å². The Morgan fingerprint density at radius 3 is 2.65 bits per heavy atom. The van der Waals surface area contributed by atoms with E-state index >= 15 is 0 Å². The minimum absolute atomic E-state index is 0.401. The molecule has 2 nitrogen and oxygen atoms in total. The topological polar surface area (TPSA) is 21.3 Å². The highest BCUT2D eigenvalue weighted by Gasteiger charge is 2.11. The van der Waals surface area contributed by atoms with Crippen molar-refractivity contribution in [2.45, 2.75) is 33.4 Å². The fourth-order valence-corrected chi connectivity index (χ4v) is 1.92. The Labute approximate surface area is 109 Å². The molecule has 0 spiro atoms. The number of nitrogens with one attached hydrogen (secondary N) is 1. The Bertz CT molecular complexity index is 354. The van der Waals surface area contributed by atoms with Gasteiger partial charge in [-0.3, -0.25) is 0 Å². The van der Waals surface area contributed by atoms with E-state index < -0.39 is 0 Å². The summed E-state index contributed by atoms with van der Waals surface area (Å²) in [7, 11) is 1.71. The molecule has 1 rings (SSSR count). The van der Waals surface area contributed by atoms with Gasteiger partial charge in [0.1, 0.15) is 5.75 Å². The molecule has 0 aliphatic rings. The van der Waals surface area contributed by atoms with Crippen molar-refractivity contribution >= 4 is 11.6 Å². The van der Waals surface area contributed by atoms with Crippen LogP contribution in [0.3, 0.4) is 0 Å². The first kappa shape index (κ1) is 14.3. The molecule has 0 saturated carbocycles. The number of halogens is 1. The summed E-state index contributed by atoms with van der Waals surface area (Å²) in [6.45, 7) is 7.22. The zero-order valence-electron chi connectivity index (χ0n) is 11.1. The Kier molecular flexibility index (Phi) is 5.79. The molecule has 1 aromatic carbocycles. The fraction of sp³-hybridized carbons (Fsp3) is 0.571. The standard InChI is InChI=1S/C14H22ClNO/c1-10-5-6-14(17-4)13(7-10)9-16-12(3)11(2)8-15/h5-7,11-12,16H,8-9H2,1-4H3. The zero-order chi connectivity index (χ0) is 12.8. The second-order valence-electron chi connectivity index (χ2n) is 4.62. The maximum Gasteiger partial charge on any atom is 0.123 e. The van der Waals surface area contributed by atoms with Crippen LogP contribution in [0.1, 0.15) is 25.0 Å². The highest BCUT2D eigenvalue weighted by atomic mass is 35.5. The molecule has 3 heteroatoms. The smallest absolute Gasteiger partial charge is 0.123 e. The van der Waals surface area contributed by atoms with Crippen LogP contribution in [0, 0.1) is 12.8 Å². The van der Waals surface area contributed by atoms with Crippen molar-refractivity contribution in [1.29, 1.82) is 0 Å². The SMILES string of the molecule is COc1ccc(C)cc1CNC(C)C(C)CCl. The van der Waals surface area contributed by atoms with Gasteiger partial charge in [0.15, 0.2) is 0 Å². The van der Waals surface area contributed by atoms with E-state index in [1.807, 2.05) is 6.07 Å². The maximum absolute atomic E-state index is 5.85. The van der Waals surface area contributed by atoms with E-state index in [0.29, 0.717) is 17.8 Å². The number of alkyl halides is 1. The Balaban J connectivity index is 2.65. The lowest BCUT2D eigenvalue weighted by molar-refractivity contribution is 0.396. The van der Waals surface area contributed by atoms with Gasteiger partial charge in [0.05, 0.1) is 7.11 Å². The van der Waals surface area contributed by atoms with Gasteiger partial charge in [0.25, 0.3) is 0 Å². The minimum Gasteiger partial charge on any atom is -0.496 e. The van der Waals surface area contributed by atoms with Crippen LogP contribution in [-0.2, 0) is 6.54 Å². The maximum atomic E-state index is 5.85. The van der Waals surface area contributed by atoms with Crippen LogP contribution in [0.15, 0.2) is 18.2 Å². The molecule has 1 N–H and O–H groups in total. The molecule has 0 saturated heterocycles. The first-order valence-corrected chi connectivity index (χ1v) is 6.54. The van der Waals surface area contributed by atoms with Gasteiger partial charge >= 0.3 is 0 Å². The summed E-state index contributed by atoms with van der Waals surface area (Å²) >= 11 is 5.85. The molecular formula is C14H22ClNO. The van der Waals surface area contributed by atoms with E-state index in [1.54, 1.807) is 7.11 Å². The van der Waals surface area contributed by atoms with Crippen LogP contribution in [0.5, 0.6) is 5.75 Å². The number of aryl methyl sites for hydroxylation is 1. The summed E-state index contributed by atoms with van der Waals surface area (Å²) in [5.41, 5.74) is 2.45. The third-order valence-corrected chi connectivity index (χ3v) is 3.63. The molecular weight excluding hydrogens is 234 g/mol. The number of ether oxygens (including phenoxy) is 1. The second-order valence-corrected chi connectivity index (χ2v) is 4.93. The average Bonchev–Trinajstić information content (AvgIpc) is 2.35. The first-order chi connectivity index (χ1) is 8.08. The van der Waals surface area contributed by atoms with Gasteiger partial charge in [-0.2, -0.15) is 0 Å². The first-order valence-electron chi connectivity index (χ1n) is 6.01. The van der Waals surface area contributed by atoms with Crippen molar-refractivity contribution in [2.75, 3.05) is 13.0 Å². The largest absolute Gasteiger partial charge is 0.496 e. The van der Waals surface area contributed by atoms with Gasteiger partial charge in [-0.15, -0.1) is 11.6 Å². The van der Waals surface area contributed by atoms with Crippen molar-refractivity contribution in [3.8, 4) is 5.75 Å². The molecule has 17 heavy (non-hydrogen) atoms. The van der Waals surface area contributed by atoms with Crippen LogP contribution >= 0.6 is 11.6 Å². The van der Waals surface area contributed by atoms with Crippen LogP contribution < -0.4 is 10.1 Å². The number of rotatable bonds is 6. The molecule has 0 bridgehead atoms. The Hall–Kier alpha value is -0.730. The number of hydrogen-bond donors (Lipinski definition) is 1. The lowest BCUT2D eigenvalue weighted by atomic mass is 10.1. The van der Waals surface area contributed by atoms with Gasteiger partial charge in [-0.05, 0) is 25.8 Å². The van der Waals surface area contributed by atoms with Crippen molar-refractivity contribution in [3.05, 3.63) is 29.3 Å². The van der Waals surface area contributed by atoms with Crippen molar-refractivity contribution in [3.63, 3.8) is 0 Å². The predicted molar refractivity (Wildman–Crippen MR) is 73.9 cm³/mol. The highest BCUT2D eigenvalue weighted by molar-refractivity contribution is 6.18. The molecule has 0 aliphatic carbocycles. The van der Waals surface area contributed by atoms with Crippen LogP contribution in [0.2, 0.25) is 0 Å². The summed E-state index contributed by atoms with van der Waals surface area (Å²) < 4.78 is 5.35. The zero-order valence-corrected chi connectivity index (χ0v) is 11.8. The van der Waals surface area contributed by atoms with Crippen molar-refractivity contribution in [1.82, 2.24) is 5.32 Å². The van der Waals surface area contributed by atoms with E-state index in [4.69, 9.17) is 16.3 Å². The van der Waals surface area contributed by atoms with E-state index in [2.05, 4.69) is 38.2 Å². The van der Waals surface area contributed by atoms with Gasteiger partial charge in [0.2, 0.25) is 0 Å². The third kappa shape index (κ3) is 4.21. The lowest BCUT2D eigenvalue weighted by Gasteiger charge is -2.20. The summed E-state index contributed by atoms with van der Waals surface area (Å²) in [6.07, 6.45) is 0. The fourth-order valence-electron chi connectivity index (χ4n) is 1.65. The number of benzene rings is 1. The van der Waals surface area contributed by atoms with Crippen LogP contribution in [-0.4, -0.2) is 19.0 Å². The second kappa shape index (κ2) is 6.87. The average molecular weight is 256 g/mol. The number of hydrogen-bond acceptors (Lipinski definition) is 2.